The molecule has 0 aliphatic heterocycles. The molecule has 0 saturated carbocycles. The molecule has 0 spiro atoms. The van der Waals surface area contributed by atoms with Gasteiger partial charge in [-0.1, -0.05) is 44.2 Å². The lowest BCUT2D eigenvalue weighted by Gasteiger charge is -2.06. The first-order chi connectivity index (χ1) is 6.68. The zero-order chi connectivity index (χ0) is 10.4. The van der Waals surface area contributed by atoms with Crippen molar-refractivity contribution in [3.63, 3.8) is 0 Å². The lowest BCUT2D eigenvalue weighted by atomic mass is 10.1. The highest BCUT2D eigenvalue weighted by molar-refractivity contribution is 5.85. The van der Waals surface area contributed by atoms with Gasteiger partial charge in [0.1, 0.15) is 6.61 Å². The van der Waals surface area contributed by atoms with E-state index in [2.05, 4.69) is 0 Å². The Bertz CT molecular complexity index is 283. The van der Waals surface area contributed by atoms with Gasteiger partial charge < -0.3 is 4.74 Å². The van der Waals surface area contributed by atoms with Gasteiger partial charge in [-0.25, -0.2) is 0 Å². The number of hydrogen-bond acceptors (Lipinski definition) is 2. The van der Waals surface area contributed by atoms with E-state index in [-0.39, 0.29) is 18.4 Å². The molecule has 0 amide bonds. The summed E-state index contributed by atoms with van der Waals surface area (Å²) in [4.78, 5) is 11.2. The van der Waals surface area contributed by atoms with Crippen LogP contribution in [-0.4, -0.2) is 5.97 Å². The molecule has 1 aromatic rings. The maximum absolute atomic E-state index is 11.2. The number of esters is 1. The molecule has 2 nitrogen and oxygen atoms in total. The fraction of sp³-hybridized carbons (Fsp3) is 0.417. The van der Waals surface area contributed by atoms with Crippen molar-refractivity contribution in [1.29, 1.82) is 0 Å². The van der Waals surface area contributed by atoms with Gasteiger partial charge in [0.05, 0.1) is 0 Å². The van der Waals surface area contributed by atoms with Crippen LogP contribution in [-0.2, 0) is 16.1 Å². The number of halogens is 1. The van der Waals surface area contributed by atoms with Crippen LogP contribution >= 0.6 is 12.4 Å². The third kappa shape index (κ3) is 6.13. The molecule has 0 fully saturated rings. The minimum absolute atomic E-state index is 0. The van der Waals surface area contributed by atoms with Gasteiger partial charge in [0.15, 0.2) is 0 Å². The lowest BCUT2D eigenvalue weighted by Crippen LogP contribution is -2.07. The van der Waals surface area contributed by atoms with E-state index in [1.165, 1.54) is 0 Å². The van der Waals surface area contributed by atoms with Gasteiger partial charge >= 0.3 is 5.97 Å². The SMILES string of the molecule is CC(C)CC(=O)OCc1ccccc1.Cl. The van der Waals surface area contributed by atoms with Gasteiger partial charge in [0, 0.05) is 6.42 Å². The predicted octanol–water partition coefficient (Wildman–Crippen LogP) is 3.20. The summed E-state index contributed by atoms with van der Waals surface area (Å²) in [6.45, 7) is 4.39. The van der Waals surface area contributed by atoms with Crippen LogP contribution in [0.15, 0.2) is 30.3 Å². The molecular formula is C12H17ClO2. The van der Waals surface area contributed by atoms with E-state index in [9.17, 15) is 4.79 Å². The Morgan fingerprint density at radius 2 is 1.87 bits per heavy atom. The average Bonchev–Trinajstić information content (AvgIpc) is 2.15. The van der Waals surface area contributed by atoms with Crippen molar-refractivity contribution >= 4 is 18.4 Å². The number of carbonyl (C=O) groups is 1. The van der Waals surface area contributed by atoms with Gasteiger partial charge in [-0.15, -0.1) is 12.4 Å². The van der Waals surface area contributed by atoms with Gasteiger partial charge in [0.25, 0.3) is 0 Å². The van der Waals surface area contributed by atoms with Gasteiger partial charge in [-0.2, -0.15) is 0 Å². The molecule has 0 heterocycles. The molecule has 84 valence electrons. The number of hydrogen-bond donors (Lipinski definition) is 0. The Hall–Kier alpha value is -1.02. The monoisotopic (exact) mass is 228 g/mol. The van der Waals surface area contributed by atoms with Gasteiger partial charge in [0.2, 0.25) is 0 Å². The molecule has 15 heavy (non-hydrogen) atoms. The quantitative estimate of drug-likeness (QED) is 0.740. The van der Waals surface area contributed by atoms with Crippen LogP contribution < -0.4 is 0 Å². The van der Waals surface area contributed by atoms with E-state index in [0.717, 1.165) is 5.56 Å². The molecular weight excluding hydrogens is 212 g/mol. The maximum atomic E-state index is 11.2. The lowest BCUT2D eigenvalue weighted by molar-refractivity contribution is -0.145. The molecule has 0 atom stereocenters. The fourth-order valence-corrected chi connectivity index (χ4v) is 1.13. The zero-order valence-electron chi connectivity index (χ0n) is 9.10. The second-order valence-electron chi connectivity index (χ2n) is 3.74. The summed E-state index contributed by atoms with van der Waals surface area (Å²) < 4.78 is 5.10. The third-order valence-electron chi connectivity index (χ3n) is 1.82. The number of rotatable bonds is 4. The first-order valence-corrected chi connectivity index (χ1v) is 4.88. The number of carbonyl (C=O) groups excluding carboxylic acids is 1. The topological polar surface area (TPSA) is 26.3 Å². The minimum atomic E-state index is -0.121. The fourth-order valence-electron chi connectivity index (χ4n) is 1.13. The van der Waals surface area contributed by atoms with Gasteiger partial charge in [-0.05, 0) is 11.5 Å². The Morgan fingerprint density at radius 3 is 2.40 bits per heavy atom. The maximum Gasteiger partial charge on any atom is 0.306 e. The predicted molar refractivity (Wildman–Crippen MR) is 62.9 cm³/mol. The molecule has 3 heteroatoms. The van der Waals surface area contributed by atoms with Crippen molar-refractivity contribution < 1.29 is 9.53 Å². The average molecular weight is 229 g/mol. The van der Waals surface area contributed by atoms with E-state index >= 15 is 0 Å². The summed E-state index contributed by atoms with van der Waals surface area (Å²) in [5, 5.41) is 0. The van der Waals surface area contributed by atoms with Crippen molar-refractivity contribution in [3.8, 4) is 0 Å². The Kier molecular flexibility index (Phi) is 6.80. The minimum Gasteiger partial charge on any atom is -0.461 e. The molecule has 0 bridgehead atoms. The third-order valence-corrected chi connectivity index (χ3v) is 1.82. The van der Waals surface area contributed by atoms with Crippen LogP contribution in [0.1, 0.15) is 25.8 Å². The molecule has 0 unspecified atom stereocenters. The summed E-state index contributed by atoms with van der Waals surface area (Å²) in [7, 11) is 0. The van der Waals surface area contributed by atoms with E-state index in [4.69, 9.17) is 4.74 Å². The first kappa shape index (κ1) is 14.0. The standard InChI is InChI=1S/C12H16O2.ClH/c1-10(2)8-12(13)14-9-11-6-4-3-5-7-11;/h3-7,10H,8-9H2,1-2H3;1H. The summed E-state index contributed by atoms with van der Waals surface area (Å²) in [6.07, 6.45) is 0.493. The van der Waals surface area contributed by atoms with Crippen molar-refractivity contribution in [2.45, 2.75) is 26.9 Å². The van der Waals surface area contributed by atoms with Crippen LogP contribution in [0.25, 0.3) is 0 Å². The summed E-state index contributed by atoms with van der Waals surface area (Å²) in [5.41, 5.74) is 1.03. The Morgan fingerprint density at radius 1 is 1.27 bits per heavy atom. The second kappa shape index (κ2) is 7.30. The van der Waals surface area contributed by atoms with E-state index in [1.54, 1.807) is 0 Å². The highest BCUT2D eigenvalue weighted by atomic mass is 35.5. The molecule has 0 radical (unpaired) electrons. The van der Waals surface area contributed by atoms with Gasteiger partial charge in [-0.3, -0.25) is 4.79 Å². The Labute approximate surface area is 97.0 Å². The second-order valence-corrected chi connectivity index (χ2v) is 3.74. The summed E-state index contributed by atoms with van der Waals surface area (Å²) >= 11 is 0. The first-order valence-electron chi connectivity index (χ1n) is 4.88. The smallest absolute Gasteiger partial charge is 0.306 e. The molecule has 0 aliphatic carbocycles. The Balaban J connectivity index is 0.00000196. The molecule has 1 aromatic carbocycles. The summed E-state index contributed by atoms with van der Waals surface area (Å²) in [5.74, 6) is 0.238. The van der Waals surface area contributed by atoms with Crippen molar-refractivity contribution in [2.75, 3.05) is 0 Å². The largest absolute Gasteiger partial charge is 0.461 e. The van der Waals surface area contributed by atoms with Crippen molar-refractivity contribution in [1.82, 2.24) is 0 Å². The van der Waals surface area contributed by atoms with E-state index in [0.29, 0.717) is 18.9 Å². The van der Waals surface area contributed by atoms with Crippen LogP contribution in [0.4, 0.5) is 0 Å². The molecule has 0 aromatic heterocycles. The number of ether oxygens (including phenoxy) is 1. The van der Waals surface area contributed by atoms with Crippen LogP contribution in [0.3, 0.4) is 0 Å². The van der Waals surface area contributed by atoms with Crippen LogP contribution in [0, 0.1) is 5.92 Å². The van der Waals surface area contributed by atoms with Crippen LogP contribution in [0.2, 0.25) is 0 Å². The zero-order valence-corrected chi connectivity index (χ0v) is 9.92. The molecule has 0 N–H and O–H groups in total. The summed E-state index contributed by atoms with van der Waals surface area (Å²) in [6, 6.07) is 9.71. The van der Waals surface area contributed by atoms with Crippen LogP contribution in [0.5, 0.6) is 0 Å². The molecule has 0 aliphatic rings. The highest BCUT2D eigenvalue weighted by Gasteiger charge is 2.05. The molecule has 1 rings (SSSR count). The molecule has 0 saturated heterocycles. The highest BCUT2D eigenvalue weighted by Crippen LogP contribution is 2.05. The van der Waals surface area contributed by atoms with E-state index in [1.807, 2.05) is 44.2 Å². The normalized spacial score (nSPS) is 9.53. The van der Waals surface area contributed by atoms with Crippen molar-refractivity contribution in [3.05, 3.63) is 35.9 Å². The van der Waals surface area contributed by atoms with Crippen molar-refractivity contribution in [2.24, 2.45) is 5.92 Å². The number of benzene rings is 1. The van der Waals surface area contributed by atoms with E-state index < -0.39 is 0 Å².